The van der Waals surface area contributed by atoms with Crippen LogP contribution in [0.2, 0.25) is 0 Å². The molecule has 0 aliphatic carbocycles. The zero-order valence-electron chi connectivity index (χ0n) is 9.46. The van der Waals surface area contributed by atoms with E-state index in [0.717, 1.165) is 11.0 Å². The highest BCUT2D eigenvalue weighted by Gasteiger charge is 2.07. The maximum atomic E-state index is 5.73. The van der Waals surface area contributed by atoms with Crippen molar-refractivity contribution in [3.8, 4) is 0 Å². The first-order valence-electron chi connectivity index (χ1n) is 5.23. The molecule has 2 N–H and O–H groups in total. The van der Waals surface area contributed by atoms with Crippen LogP contribution in [0.5, 0.6) is 0 Å². The van der Waals surface area contributed by atoms with Crippen molar-refractivity contribution < 1.29 is 0 Å². The van der Waals surface area contributed by atoms with Crippen molar-refractivity contribution in [1.29, 1.82) is 0 Å². The number of anilines is 1. The van der Waals surface area contributed by atoms with E-state index in [4.69, 9.17) is 5.73 Å². The number of benzene rings is 1. The lowest BCUT2D eigenvalue weighted by atomic mass is 10.3. The summed E-state index contributed by atoms with van der Waals surface area (Å²) in [6.07, 6.45) is 0. The fourth-order valence-corrected chi connectivity index (χ4v) is 1.55. The number of nitrogens with two attached hydrogens (primary N) is 1. The van der Waals surface area contributed by atoms with Gasteiger partial charge in [-0.15, -0.1) is 10.2 Å². The predicted molar refractivity (Wildman–Crippen MR) is 64.3 cm³/mol. The van der Waals surface area contributed by atoms with Crippen LogP contribution in [0.1, 0.15) is 6.92 Å². The Morgan fingerprint density at radius 2 is 1.94 bits per heavy atom. The first-order valence-corrected chi connectivity index (χ1v) is 5.23. The molecule has 0 bridgehead atoms. The van der Waals surface area contributed by atoms with Gasteiger partial charge < -0.3 is 10.6 Å². The molecule has 5 nitrogen and oxygen atoms in total. The summed E-state index contributed by atoms with van der Waals surface area (Å²) in [6, 6.07) is 7.76. The van der Waals surface area contributed by atoms with Crippen molar-refractivity contribution in [2.24, 2.45) is 5.73 Å². The van der Waals surface area contributed by atoms with Gasteiger partial charge in [-0.1, -0.05) is 12.1 Å². The van der Waals surface area contributed by atoms with E-state index in [-0.39, 0.29) is 6.04 Å². The maximum Gasteiger partial charge on any atom is 0.245 e. The summed E-state index contributed by atoms with van der Waals surface area (Å²) in [7, 11) is 1.91. The van der Waals surface area contributed by atoms with E-state index in [1.54, 1.807) is 0 Å². The summed E-state index contributed by atoms with van der Waals surface area (Å²) < 4.78 is 0. The number of nitrogens with zero attached hydrogens (tertiary/aromatic N) is 4. The first-order chi connectivity index (χ1) is 7.66. The number of fused-ring (bicyclic) bond motifs is 1. The molecule has 2 rings (SSSR count). The Labute approximate surface area is 94.3 Å². The Bertz CT molecular complexity index is 483. The van der Waals surface area contributed by atoms with E-state index in [1.165, 1.54) is 0 Å². The maximum absolute atomic E-state index is 5.73. The lowest BCUT2D eigenvalue weighted by Crippen LogP contribution is -2.33. The average Bonchev–Trinajstić information content (AvgIpc) is 2.27. The van der Waals surface area contributed by atoms with Crippen molar-refractivity contribution in [3.05, 3.63) is 24.3 Å². The fourth-order valence-electron chi connectivity index (χ4n) is 1.55. The van der Waals surface area contributed by atoms with Crippen molar-refractivity contribution in [1.82, 2.24) is 15.2 Å². The molecule has 0 amide bonds. The summed E-state index contributed by atoms with van der Waals surface area (Å²) in [5, 5.41) is 8.18. The minimum absolute atomic E-state index is 0.0834. The largest absolute Gasteiger partial charge is 0.341 e. The molecule has 0 aliphatic heterocycles. The quantitative estimate of drug-likeness (QED) is 0.824. The van der Waals surface area contributed by atoms with E-state index in [9.17, 15) is 0 Å². The van der Waals surface area contributed by atoms with Crippen LogP contribution in [0.15, 0.2) is 24.3 Å². The molecule has 1 aromatic heterocycles. The molecule has 16 heavy (non-hydrogen) atoms. The zero-order chi connectivity index (χ0) is 11.5. The number of aromatic nitrogens is 3. The molecule has 0 saturated heterocycles. The highest BCUT2D eigenvalue weighted by molar-refractivity contribution is 5.74. The molecule has 1 heterocycles. The van der Waals surface area contributed by atoms with E-state index in [0.29, 0.717) is 12.5 Å². The van der Waals surface area contributed by atoms with Gasteiger partial charge in [0.25, 0.3) is 0 Å². The van der Waals surface area contributed by atoms with Crippen LogP contribution in [-0.2, 0) is 0 Å². The molecule has 0 aliphatic rings. The van der Waals surface area contributed by atoms with Gasteiger partial charge in [0.05, 0.1) is 5.52 Å². The number of hydrogen-bond donors (Lipinski definition) is 1. The summed E-state index contributed by atoms with van der Waals surface area (Å²) in [5.74, 6) is 0.607. The molecule has 0 spiro atoms. The Kier molecular flexibility index (Phi) is 2.96. The van der Waals surface area contributed by atoms with Gasteiger partial charge in [0.1, 0.15) is 5.52 Å². The smallest absolute Gasteiger partial charge is 0.245 e. The highest BCUT2D eigenvalue weighted by atomic mass is 15.3. The van der Waals surface area contributed by atoms with Crippen LogP contribution in [0, 0.1) is 0 Å². The van der Waals surface area contributed by atoms with Gasteiger partial charge in [-0.25, -0.2) is 4.98 Å². The van der Waals surface area contributed by atoms with Gasteiger partial charge >= 0.3 is 0 Å². The molecular formula is C11H15N5. The third-order valence-corrected chi connectivity index (χ3v) is 2.25. The topological polar surface area (TPSA) is 67.9 Å². The van der Waals surface area contributed by atoms with Crippen LogP contribution in [0.4, 0.5) is 5.95 Å². The highest BCUT2D eigenvalue weighted by Crippen LogP contribution is 2.11. The van der Waals surface area contributed by atoms with Gasteiger partial charge in [-0.2, -0.15) is 0 Å². The molecule has 84 valence electrons. The Hall–Kier alpha value is -1.75. The molecule has 1 aromatic carbocycles. The van der Waals surface area contributed by atoms with Crippen LogP contribution < -0.4 is 10.6 Å². The molecule has 5 heteroatoms. The van der Waals surface area contributed by atoms with Crippen LogP contribution in [0.3, 0.4) is 0 Å². The van der Waals surface area contributed by atoms with E-state index in [1.807, 2.05) is 43.1 Å². The average molecular weight is 217 g/mol. The molecular weight excluding hydrogens is 202 g/mol. The third kappa shape index (κ3) is 2.25. The summed E-state index contributed by atoms with van der Waals surface area (Å²) in [6.45, 7) is 2.66. The minimum atomic E-state index is 0.0834. The SMILES string of the molecule is CC(N)CN(C)c1nnc2ccccc2n1. The van der Waals surface area contributed by atoms with E-state index < -0.39 is 0 Å². The summed E-state index contributed by atoms with van der Waals surface area (Å²) in [4.78, 5) is 6.33. The van der Waals surface area contributed by atoms with Crippen molar-refractivity contribution >= 4 is 17.0 Å². The van der Waals surface area contributed by atoms with Crippen LogP contribution in [-0.4, -0.2) is 34.8 Å². The molecule has 0 saturated carbocycles. The fraction of sp³-hybridized carbons (Fsp3) is 0.364. The molecule has 0 fully saturated rings. The van der Waals surface area contributed by atoms with Crippen molar-refractivity contribution in [2.45, 2.75) is 13.0 Å². The predicted octanol–water partition coefficient (Wildman–Crippen LogP) is 0.808. The zero-order valence-corrected chi connectivity index (χ0v) is 9.46. The van der Waals surface area contributed by atoms with E-state index in [2.05, 4.69) is 15.2 Å². The van der Waals surface area contributed by atoms with Gasteiger partial charge in [0.2, 0.25) is 5.95 Å². The van der Waals surface area contributed by atoms with Gasteiger partial charge in [0, 0.05) is 19.6 Å². The van der Waals surface area contributed by atoms with Gasteiger partial charge in [-0.3, -0.25) is 0 Å². The monoisotopic (exact) mass is 217 g/mol. The molecule has 1 atom stereocenters. The van der Waals surface area contributed by atoms with Gasteiger partial charge in [-0.05, 0) is 19.1 Å². The Balaban J connectivity index is 2.32. The molecule has 0 radical (unpaired) electrons. The van der Waals surface area contributed by atoms with Crippen LogP contribution >= 0.6 is 0 Å². The summed E-state index contributed by atoms with van der Waals surface area (Å²) >= 11 is 0. The standard InChI is InChI=1S/C11H15N5/c1-8(12)7-16(2)11-13-9-5-3-4-6-10(9)14-15-11/h3-6,8H,7,12H2,1-2H3. The lowest BCUT2D eigenvalue weighted by molar-refractivity contribution is 0.701. The normalized spacial score (nSPS) is 12.7. The Morgan fingerprint density at radius 1 is 1.25 bits per heavy atom. The number of hydrogen-bond acceptors (Lipinski definition) is 5. The van der Waals surface area contributed by atoms with Crippen LogP contribution in [0.25, 0.3) is 11.0 Å². The third-order valence-electron chi connectivity index (χ3n) is 2.25. The molecule has 2 aromatic rings. The number of para-hydroxylation sites is 1. The molecule has 1 unspecified atom stereocenters. The number of rotatable bonds is 3. The summed E-state index contributed by atoms with van der Waals surface area (Å²) in [5.41, 5.74) is 7.38. The minimum Gasteiger partial charge on any atom is -0.341 e. The second-order valence-electron chi connectivity index (χ2n) is 3.96. The van der Waals surface area contributed by atoms with E-state index >= 15 is 0 Å². The second-order valence-corrected chi connectivity index (χ2v) is 3.96. The second kappa shape index (κ2) is 4.40. The van der Waals surface area contributed by atoms with Crippen molar-refractivity contribution in [3.63, 3.8) is 0 Å². The lowest BCUT2D eigenvalue weighted by Gasteiger charge is -2.18. The number of likely N-dealkylation sites (N-methyl/N-ethyl adjacent to an activating group) is 1. The van der Waals surface area contributed by atoms with Crippen molar-refractivity contribution in [2.75, 3.05) is 18.5 Å². The van der Waals surface area contributed by atoms with Gasteiger partial charge in [0.15, 0.2) is 0 Å². The first kappa shape index (κ1) is 10.8. The Morgan fingerprint density at radius 3 is 2.62 bits per heavy atom.